The second kappa shape index (κ2) is 16.1. The van der Waals surface area contributed by atoms with Gasteiger partial charge in [-0.2, -0.15) is 0 Å². The fourth-order valence-electron chi connectivity index (χ4n) is 1.86. The Hall–Kier alpha value is -0.920. The van der Waals surface area contributed by atoms with Crippen molar-refractivity contribution in [1.82, 2.24) is 0 Å². The number of halogens is 1. The molecule has 0 spiro atoms. The molecule has 0 aromatic heterocycles. The molecule has 112 valence electrons. The monoisotopic (exact) mass is 294 g/mol. The smallest absolute Gasteiger partial charge is 0.221 e. The number of rotatable bonds is 11. The first kappa shape index (κ1) is 19.1. The lowest BCUT2D eigenvalue weighted by molar-refractivity contribution is -0.111. The van der Waals surface area contributed by atoms with E-state index in [2.05, 4.69) is 30.6 Å². The molecule has 0 radical (unpaired) electrons. The summed E-state index contributed by atoms with van der Waals surface area (Å²) in [7, 11) is 0. The van der Waals surface area contributed by atoms with Crippen LogP contribution in [-0.4, -0.2) is 5.24 Å². The van der Waals surface area contributed by atoms with Gasteiger partial charge in [0.15, 0.2) is 0 Å². The minimum atomic E-state index is -0.227. The van der Waals surface area contributed by atoms with E-state index >= 15 is 0 Å². The van der Waals surface area contributed by atoms with Gasteiger partial charge in [-0.05, 0) is 42.7 Å². The van der Waals surface area contributed by atoms with Crippen LogP contribution >= 0.6 is 11.6 Å². The third-order valence-corrected chi connectivity index (χ3v) is 3.26. The van der Waals surface area contributed by atoms with Crippen LogP contribution in [0.5, 0.6) is 0 Å². The largest absolute Gasteiger partial charge is 0.281 e. The van der Waals surface area contributed by atoms with Gasteiger partial charge in [0.1, 0.15) is 0 Å². The van der Waals surface area contributed by atoms with Crippen molar-refractivity contribution >= 4 is 16.8 Å². The highest BCUT2D eigenvalue weighted by Gasteiger charge is 1.94. The van der Waals surface area contributed by atoms with Gasteiger partial charge in [-0.3, -0.25) is 4.79 Å². The first-order valence-electron chi connectivity index (χ1n) is 7.91. The molecule has 2 heteroatoms. The average Bonchev–Trinajstić information content (AvgIpc) is 2.43. The highest BCUT2D eigenvalue weighted by atomic mass is 35.5. The van der Waals surface area contributed by atoms with Gasteiger partial charge in [0.2, 0.25) is 5.24 Å². The van der Waals surface area contributed by atoms with Gasteiger partial charge in [0.25, 0.3) is 0 Å². The molecular weight excluding hydrogens is 268 g/mol. The molecule has 0 heterocycles. The minimum absolute atomic E-state index is 0.227. The fourth-order valence-corrected chi connectivity index (χ4v) is 1.99. The molecule has 0 fully saturated rings. The third kappa shape index (κ3) is 17.1. The van der Waals surface area contributed by atoms with Gasteiger partial charge >= 0.3 is 0 Å². The van der Waals surface area contributed by atoms with Crippen molar-refractivity contribution in [1.29, 1.82) is 0 Å². The van der Waals surface area contributed by atoms with E-state index in [1.807, 2.05) is 0 Å². The summed E-state index contributed by atoms with van der Waals surface area (Å²) in [5, 5.41) is -0.227. The van der Waals surface area contributed by atoms with Crippen LogP contribution in [-0.2, 0) is 4.79 Å². The van der Waals surface area contributed by atoms with Gasteiger partial charge in [0, 0.05) is 19.3 Å². The Balaban J connectivity index is 3.30. The zero-order valence-corrected chi connectivity index (χ0v) is 13.5. The van der Waals surface area contributed by atoms with E-state index in [0.29, 0.717) is 6.42 Å². The summed E-state index contributed by atoms with van der Waals surface area (Å²) in [6, 6.07) is 0. The summed E-state index contributed by atoms with van der Waals surface area (Å²) in [6.45, 7) is 2.23. The van der Waals surface area contributed by atoms with Crippen molar-refractivity contribution in [3.05, 3.63) is 0 Å². The molecule has 20 heavy (non-hydrogen) atoms. The van der Waals surface area contributed by atoms with Crippen molar-refractivity contribution in [3.63, 3.8) is 0 Å². The van der Waals surface area contributed by atoms with Gasteiger partial charge in [0.05, 0.1) is 0 Å². The van der Waals surface area contributed by atoms with Crippen molar-refractivity contribution < 1.29 is 4.79 Å². The number of hydrogen-bond acceptors (Lipinski definition) is 1. The molecule has 0 rings (SSSR count). The Labute approximate surface area is 129 Å². The maximum atomic E-state index is 10.5. The van der Waals surface area contributed by atoms with E-state index in [-0.39, 0.29) is 5.24 Å². The highest BCUT2D eigenvalue weighted by Crippen LogP contribution is 2.06. The van der Waals surface area contributed by atoms with Crippen LogP contribution in [0.25, 0.3) is 0 Å². The molecule has 0 bridgehead atoms. The molecule has 0 N–H and O–H groups in total. The van der Waals surface area contributed by atoms with Crippen molar-refractivity contribution in [2.75, 3.05) is 0 Å². The lowest BCUT2D eigenvalue weighted by Gasteiger charge is -1.95. The quantitative estimate of drug-likeness (QED) is 0.281. The molecule has 0 aliphatic heterocycles. The molecule has 1 nitrogen and oxygen atoms in total. The van der Waals surface area contributed by atoms with Crippen LogP contribution in [0.3, 0.4) is 0 Å². The van der Waals surface area contributed by atoms with Gasteiger partial charge in [-0.15, -0.1) is 0 Å². The molecule has 0 atom stereocenters. The zero-order valence-electron chi connectivity index (χ0n) is 12.8. The van der Waals surface area contributed by atoms with Crippen LogP contribution in [0.4, 0.5) is 0 Å². The van der Waals surface area contributed by atoms with E-state index in [4.69, 9.17) is 11.6 Å². The van der Waals surface area contributed by atoms with Crippen molar-refractivity contribution in [2.45, 2.75) is 84.0 Å². The van der Waals surface area contributed by atoms with Crippen molar-refractivity contribution in [2.24, 2.45) is 0 Å². The topological polar surface area (TPSA) is 17.1 Å². The molecule has 0 aromatic rings. The third-order valence-electron chi connectivity index (χ3n) is 3.07. The molecule has 0 aliphatic carbocycles. The SMILES string of the molecule is CCCCCCCC#CC#CCCCCCCC(=O)Cl. The second-order valence-electron chi connectivity index (χ2n) is 5.04. The Bertz CT molecular complexity index is 351. The lowest BCUT2D eigenvalue weighted by atomic mass is 10.1. The van der Waals surface area contributed by atoms with E-state index < -0.39 is 0 Å². The molecule has 0 saturated heterocycles. The summed E-state index contributed by atoms with van der Waals surface area (Å²) in [6.07, 6.45) is 13.0. The predicted molar refractivity (Wildman–Crippen MR) is 87.5 cm³/mol. The normalized spacial score (nSPS) is 9.30. The lowest BCUT2D eigenvalue weighted by Crippen LogP contribution is -1.85. The van der Waals surface area contributed by atoms with Crippen LogP contribution in [0, 0.1) is 23.7 Å². The molecule has 0 aromatic carbocycles. The first-order valence-corrected chi connectivity index (χ1v) is 8.29. The van der Waals surface area contributed by atoms with E-state index in [9.17, 15) is 4.79 Å². The standard InChI is InChI=1S/C18H27ClO/c1-2-3-4-5-6-7-8-9-10-11-12-13-14-15-16-17-18(19)20/h2-7,12-17H2,1H3. The Morgan fingerprint density at radius 1 is 0.800 bits per heavy atom. The summed E-state index contributed by atoms with van der Waals surface area (Å²) in [5.74, 6) is 12.0. The Kier molecular flexibility index (Phi) is 15.4. The van der Waals surface area contributed by atoms with Gasteiger partial charge in [-0.1, -0.05) is 57.3 Å². The van der Waals surface area contributed by atoms with Crippen LogP contribution < -0.4 is 0 Å². The molecule has 0 unspecified atom stereocenters. The molecule has 0 aliphatic rings. The fraction of sp³-hybridized carbons (Fsp3) is 0.722. The molecule has 0 amide bonds. The summed E-state index contributed by atoms with van der Waals surface area (Å²) in [5.41, 5.74) is 0. The first-order chi connectivity index (χ1) is 9.77. The average molecular weight is 295 g/mol. The summed E-state index contributed by atoms with van der Waals surface area (Å²) >= 11 is 5.26. The van der Waals surface area contributed by atoms with Gasteiger partial charge < -0.3 is 0 Å². The number of carbonyl (C=O) groups is 1. The van der Waals surface area contributed by atoms with E-state index in [1.165, 1.54) is 32.1 Å². The Morgan fingerprint density at radius 2 is 1.30 bits per heavy atom. The number of hydrogen-bond donors (Lipinski definition) is 0. The Morgan fingerprint density at radius 3 is 1.80 bits per heavy atom. The van der Waals surface area contributed by atoms with Crippen molar-refractivity contribution in [3.8, 4) is 23.7 Å². The number of carbonyl (C=O) groups excluding carboxylic acids is 1. The zero-order chi connectivity index (χ0) is 14.9. The summed E-state index contributed by atoms with van der Waals surface area (Å²) in [4.78, 5) is 10.5. The van der Waals surface area contributed by atoms with Crippen LogP contribution in [0.1, 0.15) is 84.0 Å². The predicted octanol–water partition coefficient (Wildman–Crippen LogP) is 5.46. The van der Waals surface area contributed by atoms with Gasteiger partial charge in [-0.25, -0.2) is 0 Å². The molecule has 0 saturated carbocycles. The summed E-state index contributed by atoms with van der Waals surface area (Å²) < 4.78 is 0. The maximum absolute atomic E-state index is 10.5. The van der Waals surface area contributed by atoms with E-state index in [0.717, 1.165) is 38.5 Å². The second-order valence-corrected chi connectivity index (χ2v) is 5.46. The highest BCUT2D eigenvalue weighted by molar-refractivity contribution is 6.63. The number of unbranched alkanes of at least 4 members (excludes halogenated alkanes) is 9. The van der Waals surface area contributed by atoms with Crippen LogP contribution in [0.2, 0.25) is 0 Å². The van der Waals surface area contributed by atoms with Crippen LogP contribution in [0.15, 0.2) is 0 Å². The van der Waals surface area contributed by atoms with E-state index in [1.54, 1.807) is 0 Å². The maximum Gasteiger partial charge on any atom is 0.221 e. The minimum Gasteiger partial charge on any atom is -0.281 e. The molecular formula is C18H27ClO.